The number of carbonyl (C=O) groups excluding carboxylic acids is 1. The van der Waals surface area contributed by atoms with E-state index in [0.29, 0.717) is 30.1 Å². The van der Waals surface area contributed by atoms with Crippen LogP contribution in [-0.4, -0.2) is 58.7 Å². The molecule has 0 unspecified atom stereocenters. The highest BCUT2D eigenvalue weighted by atomic mass is 19.4. The summed E-state index contributed by atoms with van der Waals surface area (Å²) in [4.78, 5) is 16.6. The van der Waals surface area contributed by atoms with Crippen molar-refractivity contribution in [2.75, 3.05) is 33.2 Å². The van der Waals surface area contributed by atoms with Crippen LogP contribution in [0, 0.1) is 5.92 Å². The van der Waals surface area contributed by atoms with Crippen LogP contribution >= 0.6 is 0 Å². The predicted molar refractivity (Wildman–Crippen MR) is 104 cm³/mol. The highest BCUT2D eigenvalue weighted by Crippen LogP contribution is 2.29. The molecule has 1 atom stereocenters. The Morgan fingerprint density at radius 1 is 1.31 bits per heavy atom. The van der Waals surface area contributed by atoms with Crippen molar-refractivity contribution in [3.8, 4) is 0 Å². The minimum absolute atomic E-state index is 0.0499. The molecular weight excluding hydrogens is 381 g/mol. The van der Waals surface area contributed by atoms with Gasteiger partial charge in [-0.05, 0) is 49.4 Å². The van der Waals surface area contributed by atoms with Crippen LogP contribution in [-0.2, 0) is 19.6 Å². The number of hydrogen-bond acceptors (Lipinski definition) is 3. The largest absolute Gasteiger partial charge is 0.416 e. The van der Waals surface area contributed by atoms with Gasteiger partial charge in [0.25, 0.3) is 5.91 Å². The first-order valence-corrected chi connectivity index (χ1v) is 9.86. The average Bonchev–Trinajstić information content (AvgIpc) is 3.11. The Morgan fingerprint density at radius 2 is 2.10 bits per heavy atom. The quantitative estimate of drug-likeness (QED) is 0.735. The Labute approximate surface area is 169 Å². The van der Waals surface area contributed by atoms with Crippen LogP contribution in [0.25, 0.3) is 0 Å². The number of likely N-dealkylation sites (tertiary alicyclic amines) is 1. The fourth-order valence-corrected chi connectivity index (χ4v) is 3.94. The van der Waals surface area contributed by atoms with E-state index in [0.717, 1.165) is 38.5 Å². The maximum absolute atomic E-state index is 12.9. The van der Waals surface area contributed by atoms with E-state index in [9.17, 15) is 18.0 Å². The first-order chi connectivity index (χ1) is 13.7. The third kappa shape index (κ3) is 5.59. The number of rotatable bonds is 6. The molecule has 1 aromatic heterocycles. The molecule has 0 saturated carbocycles. The number of piperidine rings is 1. The number of aromatic nitrogens is 2. The van der Waals surface area contributed by atoms with Crippen molar-refractivity contribution >= 4 is 5.91 Å². The SMILES string of the molecule is CN(C[C@H]1CCCN(CCc2cccc(C(F)(F)F)c2)C1)C(=O)c1ccnn1C. The molecule has 0 aliphatic carbocycles. The number of amides is 1. The molecular formula is C21H27F3N4O. The normalized spacial score (nSPS) is 18.0. The monoisotopic (exact) mass is 408 g/mol. The fourth-order valence-electron chi connectivity index (χ4n) is 3.94. The van der Waals surface area contributed by atoms with Crippen LogP contribution in [0.4, 0.5) is 13.2 Å². The van der Waals surface area contributed by atoms with E-state index in [1.807, 2.05) is 0 Å². The number of halogens is 3. The van der Waals surface area contributed by atoms with E-state index in [1.165, 1.54) is 12.1 Å². The molecule has 0 spiro atoms. The smallest absolute Gasteiger partial charge is 0.340 e. The Kier molecular flexibility index (Phi) is 6.62. The first kappa shape index (κ1) is 21.4. The third-order valence-corrected chi connectivity index (χ3v) is 5.49. The molecule has 1 aliphatic heterocycles. The van der Waals surface area contributed by atoms with Crippen LogP contribution in [0.15, 0.2) is 36.5 Å². The molecule has 0 radical (unpaired) electrons. The first-order valence-electron chi connectivity index (χ1n) is 9.86. The van der Waals surface area contributed by atoms with E-state index in [4.69, 9.17) is 0 Å². The van der Waals surface area contributed by atoms with Gasteiger partial charge >= 0.3 is 6.18 Å². The lowest BCUT2D eigenvalue weighted by Gasteiger charge is -2.34. The zero-order chi connectivity index (χ0) is 21.0. The molecule has 2 aromatic rings. The van der Waals surface area contributed by atoms with Gasteiger partial charge in [-0.25, -0.2) is 0 Å². The van der Waals surface area contributed by atoms with Gasteiger partial charge in [0.2, 0.25) is 0 Å². The second kappa shape index (κ2) is 8.98. The van der Waals surface area contributed by atoms with Gasteiger partial charge in [0.05, 0.1) is 5.56 Å². The van der Waals surface area contributed by atoms with Crippen molar-refractivity contribution < 1.29 is 18.0 Å². The predicted octanol–water partition coefficient (Wildman–Crippen LogP) is 3.47. The maximum Gasteiger partial charge on any atom is 0.416 e. The number of carbonyl (C=O) groups is 1. The van der Waals surface area contributed by atoms with E-state index < -0.39 is 11.7 Å². The molecule has 1 aromatic carbocycles. The van der Waals surface area contributed by atoms with Crippen LogP contribution in [0.2, 0.25) is 0 Å². The number of hydrogen-bond donors (Lipinski definition) is 0. The second-order valence-corrected chi connectivity index (χ2v) is 7.78. The number of benzene rings is 1. The van der Waals surface area contributed by atoms with Gasteiger partial charge in [0, 0.05) is 39.9 Å². The van der Waals surface area contributed by atoms with Crippen LogP contribution in [0.1, 0.15) is 34.5 Å². The highest BCUT2D eigenvalue weighted by molar-refractivity contribution is 5.92. The maximum atomic E-state index is 12.9. The van der Waals surface area contributed by atoms with Crippen molar-refractivity contribution in [2.45, 2.75) is 25.4 Å². The second-order valence-electron chi connectivity index (χ2n) is 7.78. The van der Waals surface area contributed by atoms with Crippen molar-refractivity contribution in [3.63, 3.8) is 0 Å². The van der Waals surface area contributed by atoms with Crippen molar-refractivity contribution in [3.05, 3.63) is 53.3 Å². The zero-order valence-electron chi connectivity index (χ0n) is 16.8. The number of aryl methyl sites for hydroxylation is 1. The van der Waals surface area contributed by atoms with Crippen LogP contribution in [0.3, 0.4) is 0 Å². The lowest BCUT2D eigenvalue weighted by Crippen LogP contribution is -2.42. The molecule has 5 nitrogen and oxygen atoms in total. The zero-order valence-corrected chi connectivity index (χ0v) is 16.8. The molecule has 1 aliphatic rings. The molecule has 3 rings (SSSR count). The molecule has 8 heteroatoms. The summed E-state index contributed by atoms with van der Waals surface area (Å²) in [5.41, 5.74) is 0.664. The Balaban J connectivity index is 1.52. The minimum atomic E-state index is -4.31. The topological polar surface area (TPSA) is 41.4 Å². The van der Waals surface area contributed by atoms with Gasteiger partial charge in [-0.1, -0.05) is 18.2 Å². The third-order valence-electron chi connectivity index (χ3n) is 5.49. The lowest BCUT2D eigenvalue weighted by atomic mass is 9.97. The van der Waals surface area contributed by atoms with Gasteiger partial charge in [-0.3, -0.25) is 9.48 Å². The van der Waals surface area contributed by atoms with Crippen LogP contribution in [0.5, 0.6) is 0 Å². The lowest BCUT2D eigenvalue weighted by molar-refractivity contribution is -0.137. The van der Waals surface area contributed by atoms with Crippen molar-refractivity contribution in [2.24, 2.45) is 13.0 Å². The minimum Gasteiger partial charge on any atom is -0.340 e. The van der Waals surface area contributed by atoms with Gasteiger partial charge < -0.3 is 9.80 Å². The van der Waals surface area contributed by atoms with E-state index in [-0.39, 0.29) is 5.91 Å². The van der Waals surface area contributed by atoms with Crippen molar-refractivity contribution in [1.82, 2.24) is 19.6 Å². The Morgan fingerprint density at radius 3 is 2.79 bits per heavy atom. The molecule has 0 bridgehead atoms. The summed E-state index contributed by atoms with van der Waals surface area (Å²) in [6, 6.07) is 7.27. The molecule has 158 valence electrons. The molecule has 1 saturated heterocycles. The molecule has 1 fully saturated rings. The van der Waals surface area contributed by atoms with E-state index >= 15 is 0 Å². The molecule has 2 heterocycles. The average molecular weight is 408 g/mol. The van der Waals surface area contributed by atoms with Crippen LogP contribution < -0.4 is 0 Å². The number of alkyl halides is 3. The molecule has 29 heavy (non-hydrogen) atoms. The Hall–Kier alpha value is -2.35. The standard InChI is InChI=1S/C21H27F3N4O/c1-26(20(29)19-8-10-25-27(19)2)14-17-6-4-11-28(15-17)12-9-16-5-3-7-18(13-16)21(22,23)24/h3,5,7-8,10,13,17H,4,6,9,11-12,14-15H2,1-2H3/t17-/m1/s1. The van der Waals surface area contributed by atoms with Gasteiger partial charge in [0.1, 0.15) is 5.69 Å². The Bertz CT molecular complexity index is 833. The van der Waals surface area contributed by atoms with Gasteiger partial charge in [-0.15, -0.1) is 0 Å². The number of nitrogens with zero attached hydrogens (tertiary/aromatic N) is 4. The van der Waals surface area contributed by atoms with E-state index in [1.54, 1.807) is 42.0 Å². The summed E-state index contributed by atoms with van der Waals surface area (Å²) in [5, 5.41) is 4.04. The summed E-state index contributed by atoms with van der Waals surface area (Å²) in [6.07, 6.45) is -0.0427. The molecule has 0 N–H and O–H groups in total. The summed E-state index contributed by atoms with van der Waals surface area (Å²) in [5.74, 6) is 0.304. The molecule has 1 amide bonds. The highest BCUT2D eigenvalue weighted by Gasteiger charge is 2.30. The summed E-state index contributed by atoms with van der Waals surface area (Å²) < 4.78 is 40.2. The summed E-state index contributed by atoms with van der Waals surface area (Å²) in [6.45, 7) is 3.16. The van der Waals surface area contributed by atoms with Crippen molar-refractivity contribution in [1.29, 1.82) is 0 Å². The van der Waals surface area contributed by atoms with Gasteiger partial charge in [0.15, 0.2) is 0 Å². The van der Waals surface area contributed by atoms with E-state index in [2.05, 4.69) is 10.00 Å². The summed E-state index contributed by atoms with van der Waals surface area (Å²) in [7, 11) is 3.55. The fraction of sp³-hybridized carbons (Fsp3) is 0.524. The summed E-state index contributed by atoms with van der Waals surface area (Å²) >= 11 is 0. The van der Waals surface area contributed by atoms with Gasteiger partial charge in [-0.2, -0.15) is 18.3 Å².